The summed E-state index contributed by atoms with van der Waals surface area (Å²) in [6.07, 6.45) is 11.0. The van der Waals surface area contributed by atoms with E-state index in [0.717, 1.165) is 156 Å². The number of ether oxygens (including phenoxy) is 4. The molecule has 0 saturated heterocycles. The first-order valence-corrected chi connectivity index (χ1v) is 37.3. The Kier molecular flexibility index (Phi) is 36.5. The quantitative estimate of drug-likeness (QED) is 0.0181. The molecule has 594 valence electrons. The normalized spacial score (nSPS) is 12.4. The predicted octanol–water partition coefficient (Wildman–Crippen LogP) is 20.1. The summed E-state index contributed by atoms with van der Waals surface area (Å²) >= 11 is 0. The summed E-state index contributed by atoms with van der Waals surface area (Å²) in [4.78, 5) is 8.70. The number of H-pyrrole nitrogens is 4. The maximum absolute atomic E-state index is 14.1. The molecule has 4 aromatic carbocycles. The highest BCUT2D eigenvalue weighted by atomic mass is 19.4. The van der Waals surface area contributed by atoms with E-state index in [1.54, 1.807) is 50.1 Å². The molecule has 0 spiro atoms. The number of hydrogen-bond acceptors (Lipinski definition) is 13. The summed E-state index contributed by atoms with van der Waals surface area (Å²) in [6.45, 7) is 28.9. The molecule has 0 amide bonds. The summed E-state index contributed by atoms with van der Waals surface area (Å²) in [6, 6.07) is 18.0. The number of aromatic nitrogens is 8. The molecule has 1 atom stereocenters. The lowest BCUT2D eigenvalue weighted by molar-refractivity contribution is -0.137. The molecule has 8 aromatic rings. The van der Waals surface area contributed by atoms with Gasteiger partial charge in [0.1, 0.15) is 23.9 Å². The summed E-state index contributed by atoms with van der Waals surface area (Å²) in [7, 11) is 9.68. The molecular formula is C81H117F9N12O5. The van der Waals surface area contributed by atoms with Crippen molar-refractivity contribution in [3.05, 3.63) is 148 Å². The second kappa shape index (κ2) is 43.4. The van der Waals surface area contributed by atoms with Gasteiger partial charge in [-0.25, -0.2) is 26.3 Å². The van der Waals surface area contributed by atoms with Gasteiger partial charge in [0.15, 0.2) is 0 Å². The van der Waals surface area contributed by atoms with E-state index in [9.17, 15) is 44.6 Å². The lowest BCUT2D eigenvalue weighted by atomic mass is 9.92. The second-order valence-electron chi connectivity index (χ2n) is 28.7. The minimum atomic E-state index is -4.43. The largest absolute Gasteiger partial charge is 0.494 e. The van der Waals surface area contributed by atoms with E-state index >= 15 is 0 Å². The minimum Gasteiger partial charge on any atom is -0.494 e. The fourth-order valence-corrected chi connectivity index (χ4v) is 11.4. The fraction of sp³-hybridized carbons (Fsp3) is 0.556. The number of rotatable bonds is 39. The summed E-state index contributed by atoms with van der Waals surface area (Å²) in [5, 5.41) is 38.8. The molecule has 0 aliphatic rings. The van der Waals surface area contributed by atoms with E-state index in [1.807, 2.05) is 68.9 Å². The Labute approximate surface area is 628 Å². The first-order chi connectivity index (χ1) is 50.5. The average Bonchev–Trinajstić information content (AvgIpc) is 1.79. The number of unbranched alkanes of at least 4 members (excludes halogenated alkanes) is 4. The van der Waals surface area contributed by atoms with Crippen LogP contribution in [0.25, 0.3) is 44.5 Å². The maximum Gasteiger partial charge on any atom is 0.416 e. The monoisotopic (exact) mass is 1510 g/mol. The highest BCUT2D eigenvalue weighted by Gasteiger charge is 2.33. The van der Waals surface area contributed by atoms with Gasteiger partial charge in [-0.05, 0) is 199 Å². The number of halogens is 9. The third-order valence-electron chi connectivity index (χ3n) is 17.5. The average molecular weight is 1510 g/mol. The van der Waals surface area contributed by atoms with Crippen molar-refractivity contribution in [3.8, 4) is 61.8 Å². The zero-order chi connectivity index (χ0) is 79.2. The van der Waals surface area contributed by atoms with Crippen LogP contribution in [-0.4, -0.2) is 153 Å². The smallest absolute Gasteiger partial charge is 0.416 e. The molecule has 0 radical (unpaired) electrons. The third kappa shape index (κ3) is 30.0. The molecule has 4 heterocycles. The van der Waals surface area contributed by atoms with Crippen molar-refractivity contribution in [2.24, 2.45) is 11.8 Å². The lowest BCUT2D eigenvalue weighted by Crippen LogP contribution is -2.19. The number of aliphatic hydroxyl groups is 1. The first kappa shape index (κ1) is 89.9. The lowest BCUT2D eigenvalue weighted by Gasteiger charge is -2.20. The van der Waals surface area contributed by atoms with Gasteiger partial charge in [-0.2, -0.15) is 33.6 Å². The van der Waals surface area contributed by atoms with Crippen molar-refractivity contribution < 1.29 is 63.6 Å². The fourth-order valence-electron chi connectivity index (χ4n) is 11.4. The van der Waals surface area contributed by atoms with Crippen LogP contribution in [0.2, 0.25) is 0 Å². The van der Waals surface area contributed by atoms with Crippen molar-refractivity contribution in [1.29, 1.82) is 0 Å². The van der Waals surface area contributed by atoms with Gasteiger partial charge in [0.2, 0.25) is 0 Å². The number of aromatic amines is 4. The Hall–Kier alpha value is -7.75. The van der Waals surface area contributed by atoms with Crippen LogP contribution in [-0.2, 0) is 54.9 Å². The van der Waals surface area contributed by atoms with Crippen LogP contribution in [0, 0.1) is 11.8 Å². The number of hydrogen-bond donors (Lipinski definition) is 5. The number of alkyl halides is 9. The number of nitrogens with one attached hydrogen (secondary N) is 4. The first-order valence-electron chi connectivity index (χ1n) is 37.3. The van der Waals surface area contributed by atoms with Gasteiger partial charge in [0, 0.05) is 93.0 Å². The Morgan fingerprint density at radius 1 is 0.402 bits per heavy atom. The molecule has 0 bridgehead atoms. The topological polar surface area (TPSA) is 185 Å². The number of benzene rings is 4. The van der Waals surface area contributed by atoms with Crippen molar-refractivity contribution in [1.82, 2.24) is 60.4 Å². The minimum absolute atomic E-state index is 0.0507. The van der Waals surface area contributed by atoms with Crippen molar-refractivity contribution in [3.63, 3.8) is 0 Å². The van der Waals surface area contributed by atoms with Crippen LogP contribution in [0.15, 0.2) is 97.6 Å². The van der Waals surface area contributed by atoms with Crippen molar-refractivity contribution in [2.45, 2.75) is 197 Å². The summed E-state index contributed by atoms with van der Waals surface area (Å²) in [5.74, 6) is -7.55. The van der Waals surface area contributed by atoms with E-state index < -0.39 is 35.6 Å². The Balaban J connectivity index is 0.000000256. The molecule has 107 heavy (non-hydrogen) atoms. The molecular weight excluding hydrogens is 1390 g/mol. The molecule has 26 heteroatoms. The van der Waals surface area contributed by atoms with Crippen LogP contribution in [0.3, 0.4) is 0 Å². The van der Waals surface area contributed by atoms with Crippen LogP contribution in [0.5, 0.6) is 17.2 Å². The van der Waals surface area contributed by atoms with Crippen LogP contribution in [0.1, 0.15) is 198 Å². The van der Waals surface area contributed by atoms with Gasteiger partial charge in [-0.3, -0.25) is 20.4 Å². The zero-order valence-electron chi connectivity index (χ0n) is 65.9. The maximum atomic E-state index is 14.1. The molecule has 1 unspecified atom stereocenters. The van der Waals surface area contributed by atoms with Crippen LogP contribution < -0.4 is 14.2 Å². The zero-order valence-corrected chi connectivity index (χ0v) is 65.9. The van der Waals surface area contributed by atoms with Gasteiger partial charge in [-0.1, -0.05) is 88.0 Å². The van der Waals surface area contributed by atoms with Gasteiger partial charge in [0.25, 0.3) is 17.8 Å². The number of aliphatic hydroxyl groups excluding tert-OH is 1. The van der Waals surface area contributed by atoms with Gasteiger partial charge in [0.05, 0.1) is 79.1 Å². The van der Waals surface area contributed by atoms with E-state index in [2.05, 4.69) is 88.1 Å². The molecule has 8 rings (SSSR count). The van der Waals surface area contributed by atoms with Crippen LogP contribution >= 0.6 is 0 Å². The standard InChI is InChI=1S/2C21H31F2N3O.C20H29F2N3O2.C19H26F3N3O/c1-6-7-8-26(5)13-20-19(12-24-25-20)16-9-17(21(4,22)23)11-18(10-16)27-14-15(2)3;1-6-7-8-26(5)13-19-18(12-24-25-19)15-9-16(20(27)14(2)3)11-17(10-15)21(4,22)23;1-5-6-7-25(3)14-19-18(13-23-24-19)15-10-16(20(2,21)22)12-17(11-15)27-9-8-26-4;1-4-6-7-25(3)13-18-17(12-23-24-18)14-9-15(19(20,21)22)11-16(10-14)26-8-5-2/h9-12,15H,6-8,13-14H2,1-5H3,(H,24,25);9-12,14,20,27H,6-8,13H2,1-5H3,(H,24,25);10-13H,5-9,14H2,1-4H3,(H,23,24);9-12H,4-8,13H2,1-3H3,(H,23,24). The highest BCUT2D eigenvalue weighted by Crippen LogP contribution is 2.41. The predicted molar refractivity (Wildman–Crippen MR) is 408 cm³/mol. The highest BCUT2D eigenvalue weighted by molar-refractivity contribution is 5.71. The van der Waals surface area contributed by atoms with E-state index in [1.165, 1.54) is 36.4 Å². The van der Waals surface area contributed by atoms with Gasteiger partial charge >= 0.3 is 6.18 Å². The van der Waals surface area contributed by atoms with Crippen molar-refractivity contribution in [2.75, 3.05) is 87.9 Å². The Morgan fingerprint density at radius 2 is 0.710 bits per heavy atom. The Morgan fingerprint density at radius 3 is 1.01 bits per heavy atom. The SMILES string of the molecule is CCCCN(C)Cc1[nH]ncc1-c1cc(C(O)C(C)C)cc(C(C)(F)F)c1.CCCCN(C)Cc1[nH]ncc1-c1cc(OCC(C)C)cc(C(C)(F)F)c1.CCCCN(C)Cc1[nH]ncc1-c1cc(OCCC)cc(C(F)(F)F)c1.CCCCN(C)Cc1[nH]ncc1-c1cc(OCCOC)cc(C(C)(F)F)c1. The number of nitrogens with zero attached hydrogens (tertiary/aromatic N) is 8. The third-order valence-corrected chi connectivity index (χ3v) is 17.5. The van der Waals surface area contributed by atoms with E-state index in [0.29, 0.717) is 103 Å². The molecule has 4 aromatic heterocycles. The molecule has 0 fully saturated rings. The second-order valence-corrected chi connectivity index (χ2v) is 28.7. The van der Waals surface area contributed by atoms with E-state index in [-0.39, 0.29) is 28.4 Å². The molecule has 0 aliphatic carbocycles. The van der Waals surface area contributed by atoms with Gasteiger partial charge < -0.3 is 43.7 Å². The molecule has 0 saturated carbocycles. The van der Waals surface area contributed by atoms with E-state index in [4.69, 9.17) is 18.9 Å². The summed E-state index contributed by atoms with van der Waals surface area (Å²) in [5.41, 5.74) is 8.61. The van der Waals surface area contributed by atoms with Gasteiger partial charge in [-0.15, -0.1) is 0 Å². The summed E-state index contributed by atoms with van der Waals surface area (Å²) < 4.78 is 146. The molecule has 0 aliphatic heterocycles. The molecule has 17 nitrogen and oxygen atoms in total. The number of methoxy groups -OCH3 is 1. The Bertz CT molecular complexity index is 3850. The van der Waals surface area contributed by atoms with Crippen LogP contribution in [0.4, 0.5) is 39.5 Å². The van der Waals surface area contributed by atoms with Crippen molar-refractivity contribution >= 4 is 0 Å². The molecule has 5 N–H and O–H groups in total.